The zero-order chi connectivity index (χ0) is 20.1. The van der Waals surface area contributed by atoms with Crippen molar-refractivity contribution in [1.82, 2.24) is 15.4 Å². The number of nitrogens with one attached hydrogen (secondary N) is 3. The van der Waals surface area contributed by atoms with Crippen molar-refractivity contribution in [3.63, 3.8) is 0 Å². The van der Waals surface area contributed by atoms with E-state index in [0.29, 0.717) is 38.8 Å². The topological polar surface area (TPSA) is 135 Å². The maximum Gasteiger partial charge on any atom is 0.270 e. The molecule has 0 unspecified atom stereocenters. The fourth-order valence-corrected chi connectivity index (χ4v) is 3.13. The molecule has 1 rings (SSSR count). The van der Waals surface area contributed by atoms with E-state index in [9.17, 15) is 18.5 Å². The molecule has 0 aliphatic rings. The molecule has 1 aromatic carbocycles. The van der Waals surface area contributed by atoms with Gasteiger partial charge in [0.1, 0.15) is 0 Å². The molecule has 0 aliphatic carbocycles. The lowest BCUT2D eigenvalue weighted by Crippen LogP contribution is -2.41. The summed E-state index contributed by atoms with van der Waals surface area (Å²) in [6.45, 7) is 6.87. The molecule has 0 fully saturated rings. The van der Waals surface area contributed by atoms with E-state index in [1.54, 1.807) is 0 Å². The van der Waals surface area contributed by atoms with Crippen LogP contribution in [0.1, 0.15) is 20.3 Å². The number of sulfonamides is 1. The largest absolute Gasteiger partial charge is 0.382 e. The first-order valence-electron chi connectivity index (χ1n) is 8.74. The Morgan fingerprint density at radius 2 is 2.04 bits per heavy atom. The minimum absolute atomic E-state index is 0.106. The number of aliphatic imine (C=N–C) groups is 1. The first-order valence-corrected chi connectivity index (χ1v) is 10.2. The Kier molecular flexibility index (Phi) is 10.3. The van der Waals surface area contributed by atoms with Gasteiger partial charge in [0.25, 0.3) is 5.69 Å². The second-order valence-electron chi connectivity index (χ2n) is 5.39. The van der Waals surface area contributed by atoms with Gasteiger partial charge >= 0.3 is 0 Å². The lowest BCUT2D eigenvalue weighted by molar-refractivity contribution is -0.385. The van der Waals surface area contributed by atoms with Crippen LogP contribution < -0.4 is 15.4 Å². The van der Waals surface area contributed by atoms with E-state index in [1.165, 1.54) is 18.2 Å². The van der Waals surface area contributed by atoms with E-state index in [2.05, 4.69) is 20.3 Å². The van der Waals surface area contributed by atoms with Gasteiger partial charge in [-0.1, -0.05) is 6.07 Å². The van der Waals surface area contributed by atoms with Crippen molar-refractivity contribution < 1.29 is 18.1 Å². The highest BCUT2D eigenvalue weighted by atomic mass is 32.2. The predicted octanol–water partition coefficient (Wildman–Crippen LogP) is 0.855. The molecule has 0 aliphatic heterocycles. The summed E-state index contributed by atoms with van der Waals surface area (Å²) in [4.78, 5) is 14.4. The summed E-state index contributed by atoms with van der Waals surface area (Å²) >= 11 is 0. The van der Waals surface area contributed by atoms with Gasteiger partial charge in [-0.15, -0.1) is 0 Å². The summed E-state index contributed by atoms with van der Waals surface area (Å²) in [6.07, 6.45) is 0.795. The Hall–Kier alpha value is -2.24. The molecule has 0 saturated carbocycles. The zero-order valence-electron chi connectivity index (χ0n) is 15.6. The van der Waals surface area contributed by atoms with Gasteiger partial charge in [-0.25, -0.2) is 13.1 Å². The highest BCUT2D eigenvalue weighted by Gasteiger charge is 2.16. The van der Waals surface area contributed by atoms with Crippen molar-refractivity contribution in [1.29, 1.82) is 0 Å². The predicted molar refractivity (Wildman–Crippen MR) is 103 cm³/mol. The normalized spacial score (nSPS) is 12.0. The van der Waals surface area contributed by atoms with Gasteiger partial charge in [-0.05, 0) is 26.3 Å². The molecule has 0 radical (unpaired) electrons. The number of benzene rings is 1. The lowest BCUT2D eigenvalue weighted by atomic mass is 10.3. The van der Waals surface area contributed by atoms with Crippen molar-refractivity contribution in [2.24, 2.45) is 4.99 Å². The molecule has 0 aromatic heterocycles. The highest BCUT2D eigenvalue weighted by Crippen LogP contribution is 2.16. The molecule has 10 nitrogen and oxygen atoms in total. The molecule has 0 spiro atoms. The van der Waals surface area contributed by atoms with Crippen LogP contribution in [-0.2, 0) is 14.8 Å². The van der Waals surface area contributed by atoms with Crippen LogP contribution in [-0.4, -0.2) is 58.7 Å². The summed E-state index contributed by atoms with van der Waals surface area (Å²) in [6, 6.07) is 4.92. The van der Waals surface area contributed by atoms with Gasteiger partial charge in [0.2, 0.25) is 10.0 Å². The first-order chi connectivity index (χ1) is 12.9. The van der Waals surface area contributed by atoms with E-state index in [4.69, 9.17) is 4.74 Å². The first kappa shape index (κ1) is 22.8. The number of guanidine groups is 1. The van der Waals surface area contributed by atoms with E-state index in [1.807, 2.05) is 13.8 Å². The zero-order valence-corrected chi connectivity index (χ0v) is 16.4. The van der Waals surface area contributed by atoms with E-state index in [-0.39, 0.29) is 17.1 Å². The second kappa shape index (κ2) is 12.2. The van der Waals surface area contributed by atoms with Gasteiger partial charge in [-0.3, -0.25) is 15.1 Å². The van der Waals surface area contributed by atoms with Gasteiger partial charge in [0.05, 0.1) is 9.82 Å². The number of nitro benzene ring substituents is 1. The van der Waals surface area contributed by atoms with E-state index >= 15 is 0 Å². The highest BCUT2D eigenvalue weighted by molar-refractivity contribution is 7.89. The summed E-state index contributed by atoms with van der Waals surface area (Å²) in [5.41, 5.74) is -0.274. The van der Waals surface area contributed by atoms with Crippen molar-refractivity contribution in [2.45, 2.75) is 25.2 Å². The monoisotopic (exact) mass is 401 g/mol. The fourth-order valence-electron chi connectivity index (χ4n) is 2.06. The van der Waals surface area contributed by atoms with Crippen LogP contribution in [0.4, 0.5) is 5.69 Å². The van der Waals surface area contributed by atoms with Crippen LogP contribution in [0.3, 0.4) is 0 Å². The van der Waals surface area contributed by atoms with Crippen LogP contribution in [0.25, 0.3) is 0 Å². The average Bonchev–Trinajstić information content (AvgIpc) is 2.65. The van der Waals surface area contributed by atoms with Gasteiger partial charge in [0.15, 0.2) is 5.96 Å². The third-order valence-electron chi connectivity index (χ3n) is 3.31. The average molecular weight is 401 g/mol. The third kappa shape index (κ3) is 8.80. The number of hydrogen-bond donors (Lipinski definition) is 3. The SMILES string of the molecule is CCNC(=NCCCOCC)NCCNS(=O)(=O)c1cccc([N+](=O)[O-])c1. The Morgan fingerprint density at radius 3 is 2.70 bits per heavy atom. The molecule has 11 heteroatoms. The Labute approximate surface area is 159 Å². The van der Waals surface area contributed by atoms with Crippen LogP contribution in [0.2, 0.25) is 0 Å². The number of non-ortho nitro benzene ring substituents is 1. The van der Waals surface area contributed by atoms with Gasteiger partial charge in [-0.2, -0.15) is 0 Å². The van der Waals surface area contributed by atoms with Crippen molar-refractivity contribution in [3.05, 3.63) is 34.4 Å². The van der Waals surface area contributed by atoms with Gasteiger partial charge < -0.3 is 15.4 Å². The summed E-state index contributed by atoms with van der Waals surface area (Å²) in [5.74, 6) is 0.587. The molecular formula is C16H27N5O5S. The molecular weight excluding hydrogens is 374 g/mol. The van der Waals surface area contributed by atoms with E-state index < -0.39 is 14.9 Å². The number of nitro groups is 1. The molecule has 0 bridgehead atoms. The summed E-state index contributed by atoms with van der Waals surface area (Å²) in [7, 11) is -3.83. The number of nitrogens with zero attached hydrogens (tertiary/aromatic N) is 2. The Bertz CT molecular complexity index is 724. The third-order valence-corrected chi connectivity index (χ3v) is 4.77. The molecule has 0 atom stereocenters. The smallest absolute Gasteiger partial charge is 0.270 e. The van der Waals surface area contributed by atoms with Crippen molar-refractivity contribution >= 4 is 21.7 Å². The summed E-state index contributed by atoms with van der Waals surface area (Å²) < 4.78 is 32.1. The number of ether oxygens (including phenoxy) is 1. The molecule has 27 heavy (non-hydrogen) atoms. The molecule has 0 saturated heterocycles. The molecule has 0 heterocycles. The number of hydrogen-bond acceptors (Lipinski definition) is 6. The summed E-state index contributed by atoms with van der Waals surface area (Å²) in [5, 5.41) is 16.9. The minimum atomic E-state index is -3.83. The van der Waals surface area contributed by atoms with E-state index in [0.717, 1.165) is 12.5 Å². The maximum absolute atomic E-state index is 12.2. The molecule has 3 N–H and O–H groups in total. The van der Waals surface area contributed by atoms with Crippen molar-refractivity contribution in [2.75, 3.05) is 39.4 Å². The Balaban J connectivity index is 2.50. The van der Waals surface area contributed by atoms with Crippen LogP contribution >= 0.6 is 0 Å². The quantitative estimate of drug-likeness (QED) is 0.155. The van der Waals surface area contributed by atoms with Crippen molar-refractivity contribution in [3.8, 4) is 0 Å². The maximum atomic E-state index is 12.2. The molecule has 0 amide bonds. The fraction of sp³-hybridized carbons (Fsp3) is 0.562. The van der Waals surface area contributed by atoms with Crippen LogP contribution in [0.5, 0.6) is 0 Å². The second-order valence-corrected chi connectivity index (χ2v) is 7.16. The van der Waals surface area contributed by atoms with Crippen LogP contribution in [0, 0.1) is 10.1 Å². The molecule has 152 valence electrons. The van der Waals surface area contributed by atoms with Gasteiger partial charge in [0, 0.05) is 51.5 Å². The Morgan fingerprint density at radius 1 is 1.26 bits per heavy atom. The minimum Gasteiger partial charge on any atom is -0.382 e. The van der Waals surface area contributed by atoms with Crippen LogP contribution in [0.15, 0.2) is 34.2 Å². The lowest BCUT2D eigenvalue weighted by Gasteiger charge is -2.12. The molecule has 1 aromatic rings. The standard InChI is InChI=1S/C16H27N5O5S/c1-3-17-16(18-9-6-12-26-4-2)19-10-11-20-27(24,25)15-8-5-7-14(13-15)21(22)23/h5,7-8,13,20H,3-4,6,9-12H2,1-2H3,(H2,17,18,19). The number of rotatable bonds is 12.